The number of nitrogens with two attached hydrogens (primary N) is 1. The average molecular weight is 545 g/mol. The molecule has 4 rings (SSSR count). The molecule has 0 bridgehead atoms. The molecule has 0 heterocycles. The fraction of sp³-hybridized carbons (Fsp3) is 0.462. The van der Waals surface area contributed by atoms with Gasteiger partial charge in [-0.2, -0.15) is 0 Å². The maximum Gasteiger partial charge on any atom is 0.319 e. The highest BCUT2D eigenvalue weighted by atomic mass is 16.4. The number of nitrogens with zero attached hydrogens (tertiary/aromatic N) is 1. The highest BCUT2D eigenvalue weighted by Gasteiger charge is 2.67. The van der Waals surface area contributed by atoms with Crippen molar-refractivity contribution in [2.75, 3.05) is 26.0 Å². The van der Waals surface area contributed by atoms with E-state index in [-0.39, 0.29) is 11.3 Å². The summed E-state index contributed by atoms with van der Waals surface area (Å²) in [6, 6.07) is 0.928. The standard InChI is InChI=1S/C26H32N4O9/c1-5-8-28-25(38)29-11-7-6-10-9(2)12-14(19(32)13(10)18(11)31)22(35)26(39)16(20(12)33)17(30(3)4)21(34)15(23(26)36)24(27)37/h6-7,9,12,16-17,20,31,33-35,39H,5,8H2,1-4H3,(H2,27,37)(H2,28,29,38)/t9-,12+,16+,17-,20-,26-/m0/s1. The van der Waals surface area contributed by atoms with Crippen molar-refractivity contribution in [3.8, 4) is 5.75 Å². The monoisotopic (exact) mass is 544 g/mol. The number of aromatic hydroxyl groups is 1. The van der Waals surface area contributed by atoms with Gasteiger partial charge in [0.05, 0.1) is 29.3 Å². The number of carbonyl (C=O) groups is 4. The molecule has 0 saturated carbocycles. The molecule has 13 nitrogen and oxygen atoms in total. The summed E-state index contributed by atoms with van der Waals surface area (Å²) in [5.74, 6) is -9.80. The van der Waals surface area contributed by atoms with Crippen LogP contribution in [0.15, 0.2) is 34.8 Å². The van der Waals surface area contributed by atoms with Gasteiger partial charge in [0.25, 0.3) is 5.91 Å². The summed E-state index contributed by atoms with van der Waals surface area (Å²) >= 11 is 0. The number of aliphatic hydroxyl groups excluding tert-OH is 3. The zero-order valence-corrected chi connectivity index (χ0v) is 21.8. The summed E-state index contributed by atoms with van der Waals surface area (Å²) in [7, 11) is 2.93. The quantitative estimate of drug-likeness (QED) is 0.185. The van der Waals surface area contributed by atoms with Crippen LogP contribution in [0.3, 0.4) is 0 Å². The lowest BCUT2D eigenvalue weighted by molar-refractivity contribution is -0.162. The largest absolute Gasteiger partial charge is 0.510 e. The van der Waals surface area contributed by atoms with E-state index in [2.05, 4.69) is 10.6 Å². The molecule has 0 aromatic heterocycles. The molecule has 0 saturated heterocycles. The number of benzene rings is 1. The molecular weight excluding hydrogens is 512 g/mol. The number of fused-ring (bicyclic) bond motifs is 3. The number of hydrogen-bond donors (Lipinski definition) is 8. The fourth-order valence-corrected chi connectivity index (χ4v) is 6.13. The van der Waals surface area contributed by atoms with Crippen molar-refractivity contribution < 1.29 is 44.7 Å². The maximum atomic E-state index is 13.8. The molecule has 6 atom stereocenters. The minimum atomic E-state index is -2.99. The van der Waals surface area contributed by atoms with E-state index in [0.717, 1.165) is 0 Å². The fourth-order valence-electron chi connectivity index (χ4n) is 6.13. The predicted molar refractivity (Wildman–Crippen MR) is 137 cm³/mol. The molecule has 1 aromatic rings. The van der Waals surface area contributed by atoms with Gasteiger partial charge < -0.3 is 41.9 Å². The number of aliphatic hydroxyl groups is 4. The number of primary amides is 1. The van der Waals surface area contributed by atoms with Gasteiger partial charge in [-0.05, 0) is 38.1 Å². The summed E-state index contributed by atoms with van der Waals surface area (Å²) in [4.78, 5) is 52.8. The normalized spacial score (nSPS) is 30.1. The molecule has 9 N–H and O–H groups in total. The molecule has 0 aliphatic heterocycles. The minimum Gasteiger partial charge on any atom is -0.510 e. The van der Waals surface area contributed by atoms with Crippen molar-refractivity contribution in [1.82, 2.24) is 10.2 Å². The van der Waals surface area contributed by atoms with Gasteiger partial charge >= 0.3 is 6.03 Å². The van der Waals surface area contributed by atoms with E-state index < -0.39 is 87.4 Å². The van der Waals surface area contributed by atoms with Crippen LogP contribution in [-0.4, -0.2) is 92.3 Å². The molecule has 0 spiro atoms. The first-order valence-corrected chi connectivity index (χ1v) is 12.4. The Morgan fingerprint density at radius 3 is 2.36 bits per heavy atom. The van der Waals surface area contributed by atoms with Gasteiger partial charge in [-0.3, -0.25) is 19.3 Å². The van der Waals surface area contributed by atoms with Crippen molar-refractivity contribution >= 4 is 29.2 Å². The number of urea groups is 1. The van der Waals surface area contributed by atoms with Crippen LogP contribution in [0.5, 0.6) is 5.75 Å². The lowest BCUT2D eigenvalue weighted by Gasteiger charge is -2.53. The summed E-state index contributed by atoms with van der Waals surface area (Å²) in [5, 5.41) is 61.5. The first-order chi connectivity index (χ1) is 18.2. The smallest absolute Gasteiger partial charge is 0.319 e. The first kappa shape index (κ1) is 28.1. The number of phenols is 1. The number of amides is 3. The van der Waals surface area contributed by atoms with E-state index >= 15 is 0 Å². The highest BCUT2D eigenvalue weighted by Crippen LogP contribution is 2.56. The van der Waals surface area contributed by atoms with Gasteiger partial charge in [0.15, 0.2) is 17.1 Å². The molecule has 3 aliphatic carbocycles. The van der Waals surface area contributed by atoms with Crippen molar-refractivity contribution in [2.45, 2.75) is 43.9 Å². The Kier molecular flexibility index (Phi) is 6.96. The molecule has 0 fully saturated rings. The number of ketones is 2. The number of carbonyl (C=O) groups excluding carboxylic acids is 4. The lowest BCUT2D eigenvalue weighted by atomic mass is 9.55. The van der Waals surface area contributed by atoms with E-state index in [1.807, 2.05) is 6.92 Å². The topological polar surface area (TPSA) is 223 Å². The Balaban J connectivity index is 1.92. The van der Waals surface area contributed by atoms with Crippen molar-refractivity contribution in [3.63, 3.8) is 0 Å². The number of anilines is 1. The summed E-state index contributed by atoms with van der Waals surface area (Å²) in [6.45, 7) is 3.84. The molecule has 0 radical (unpaired) electrons. The predicted octanol–water partition coefficient (Wildman–Crippen LogP) is 0.184. The van der Waals surface area contributed by atoms with Crippen molar-refractivity contribution in [1.29, 1.82) is 0 Å². The second kappa shape index (κ2) is 9.67. The van der Waals surface area contributed by atoms with Crippen molar-refractivity contribution in [3.05, 3.63) is 45.9 Å². The summed E-state index contributed by atoms with van der Waals surface area (Å²) in [6.07, 6.45) is -1.01. The number of Topliss-reactive ketones (excluding diaryl/α,β-unsaturated/α-hetero) is 2. The van der Waals surface area contributed by atoms with Crippen LogP contribution in [0.1, 0.15) is 42.1 Å². The maximum absolute atomic E-state index is 13.8. The van der Waals surface area contributed by atoms with Crippen LogP contribution >= 0.6 is 0 Å². The Morgan fingerprint density at radius 2 is 1.79 bits per heavy atom. The molecule has 39 heavy (non-hydrogen) atoms. The van der Waals surface area contributed by atoms with Gasteiger partial charge in [-0.15, -0.1) is 0 Å². The summed E-state index contributed by atoms with van der Waals surface area (Å²) < 4.78 is 0. The third-order valence-electron chi connectivity index (χ3n) is 7.92. The van der Waals surface area contributed by atoms with Gasteiger partial charge in [-0.1, -0.05) is 19.9 Å². The Bertz CT molecular complexity index is 1350. The molecule has 3 aliphatic rings. The highest BCUT2D eigenvalue weighted by molar-refractivity contribution is 6.25. The third-order valence-corrected chi connectivity index (χ3v) is 7.92. The number of nitrogens with one attached hydrogen (secondary N) is 2. The van der Waals surface area contributed by atoms with Crippen LogP contribution in [0, 0.1) is 11.8 Å². The van der Waals surface area contributed by atoms with E-state index in [4.69, 9.17) is 5.73 Å². The number of likely N-dealkylation sites (N-methyl/N-ethyl adjacent to an activating group) is 1. The van der Waals surface area contributed by atoms with E-state index in [1.165, 1.54) is 31.1 Å². The van der Waals surface area contributed by atoms with E-state index in [0.29, 0.717) is 18.5 Å². The second-order valence-electron chi connectivity index (χ2n) is 10.4. The van der Waals surface area contributed by atoms with Gasteiger partial charge in [-0.25, -0.2) is 4.79 Å². The van der Waals surface area contributed by atoms with Gasteiger partial charge in [0.1, 0.15) is 17.1 Å². The van der Waals surface area contributed by atoms with Crippen molar-refractivity contribution in [2.24, 2.45) is 17.6 Å². The number of rotatable bonds is 5. The second-order valence-corrected chi connectivity index (χ2v) is 10.4. The number of phenolic OH excluding ortho intramolecular Hbond substituents is 1. The number of hydrogen-bond acceptors (Lipinski definition) is 10. The van der Waals surface area contributed by atoms with Crippen LogP contribution in [0.4, 0.5) is 10.5 Å². The van der Waals surface area contributed by atoms with Gasteiger partial charge in [0.2, 0.25) is 5.78 Å². The summed E-state index contributed by atoms with van der Waals surface area (Å²) in [5.41, 5.74) is 0.743. The molecule has 3 amide bonds. The molecular formula is C26H32N4O9. The van der Waals surface area contributed by atoms with Gasteiger partial charge in [0, 0.05) is 18.0 Å². The average Bonchev–Trinajstić information content (AvgIpc) is 2.85. The molecule has 1 aromatic carbocycles. The van der Waals surface area contributed by atoms with Crippen LogP contribution in [-0.2, 0) is 9.59 Å². The minimum absolute atomic E-state index is 0.0975. The van der Waals surface area contributed by atoms with Crippen LogP contribution in [0.2, 0.25) is 0 Å². The van der Waals surface area contributed by atoms with E-state index in [9.17, 15) is 44.7 Å². The Morgan fingerprint density at radius 1 is 1.15 bits per heavy atom. The van der Waals surface area contributed by atoms with E-state index in [1.54, 1.807) is 6.92 Å². The molecule has 0 unspecified atom stereocenters. The molecule has 210 valence electrons. The van der Waals surface area contributed by atoms with Crippen LogP contribution < -0.4 is 16.4 Å². The third kappa shape index (κ3) is 3.87. The lowest BCUT2D eigenvalue weighted by Crippen LogP contribution is -2.68. The first-order valence-electron chi connectivity index (χ1n) is 12.4. The van der Waals surface area contributed by atoms with Crippen LogP contribution in [0.25, 0.3) is 0 Å². The zero-order valence-electron chi connectivity index (χ0n) is 21.8. The zero-order chi connectivity index (χ0) is 29.1. The Labute approximate surface area is 223 Å². The molecule has 13 heteroatoms. The SMILES string of the molecule is CCCNC(=O)Nc1ccc2c(c1O)C(=O)C1=C(O)[C@]3(O)C(=O)C(C(N)=O)=C(O)[C@@H](N(C)C)[C@@H]3[C@@H](O)[C@@H]1[C@H]2C. The Hall–Kier alpha value is -3.94.